The topological polar surface area (TPSA) is 178 Å². The standard InChI is InChI=1S/C34H50N8O7/c1-22(39(7)26-13-10-24(21-26)35-32(48)49-33(2,3)4)20-23-8-11-25(12-9-23)42-15-14-27(37-30(42)45)36-29(44)41-18-16-40(17-19-41)28(43)34(5,6)38-31(46)47/h8-9,11-12,14-15,22,24,26,38H,10,13,16-21H2,1-7H3,(H,35,48)(H,46,47)(H,36,37,44,45)/t22?,24-,26+/m1/s1. The van der Waals surface area contributed by atoms with Crippen molar-refractivity contribution in [1.29, 1.82) is 0 Å². The summed E-state index contributed by atoms with van der Waals surface area (Å²) in [5.41, 5.74) is -0.588. The van der Waals surface area contributed by atoms with E-state index in [0.29, 0.717) is 11.7 Å². The van der Waals surface area contributed by atoms with Crippen LogP contribution in [0.25, 0.3) is 5.69 Å². The molecule has 268 valence electrons. The molecule has 2 fully saturated rings. The van der Waals surface area contributed by atoms with E-state index in [9.17, 15) is 24.0 Å². The van der Waals surface area contributed by atoms with Gasteiger partial charge in [-0.1, -0.05) is 12.1 Å². The van der Waals surface area contributed by atoms with Gasteiger partial charge >= 0.3 is 23.9 Å². The third kappa shape index (κ3) is 10.2. The normalized spacial score (nSPS) is 18.9. The molecule has 2 aromatic rings. The third-order valence-corrected chi connectivity index (χ3v) is 8.99. The Kier molecular flexibility index (Phi) is 11.6. The predicted molar refractivity (Wildman–Crippen MR) is 184 cm³/mol. The lowest BCUT2D eigenvalue weighted by Gasteiger charge is -2.38. The Morgan fingerprint density at radius 3 is 2.22 bits per heavy atom. The number of hydrogen-bond donors (Lipinski definition) is 4. The molecule has 49 heavy (non-hydrogen) atoms. The lowest BCUT2D eigenvalue weighted by atomic mass is 10.0. The third-order valence-electron chi connectivity index (χ3n) is 8.99. The second-order valence-electron chi connectivity index (χ2n) is 14.4. The molecule has 4 rings (SSSR count). The van der Waals surface area contributed by atoms with Crippen molar-refractivity contribution in [1.82, 2.24) is 34.9 Å². The van der Waals surface area contributed by atoms with E-state index in [4.69, 9.17) is 9.84 Å². The van der Waals surface area contributed by atoms with E-state index in [1.165, 1.54) is 28.2 Å². The fourth-order valence-corrected chi connectivity index (χ4v) is 6.26. The quantitative estimate of drug-likeness (QED) is 0.309. The Bertz CT molecular complexity index is 1560. The fraction of sp³-hybridized carbons (Fsp3) is 0.588. The maximum Gasteiger partial charge on any atom is 0.407 e. The molecule has 2 heterocycles. The summed E-state index contributed by atoms with van der Waals surface area (Å²) < 4.78 is 6.81. The molecule has 15 nitrogen and oxygen atoms in total. The molecule has 0 bridgehead atoms. The molecule has 1 saturated heterocycles. The largest absolute Gasteiger partial charge is 0.465 e. The first-order chi connectivity index (χ1) is 22.9. The zero-order valence-corrected chi connectivity index (χ0v) is 29.5. The van der Waals surface area contributed by atoms with E-state index in [0.717, 1.165) is 31.2 Å². The molecule has 0 radical (unpaired) electrons. The number of benzene rings is 1. The number of likely N-dealkylation sites (N-methyl/N-ethyl adjacent to an activating group) is 1. The van der Waals surface area contributed by atoms with Crippen LogP contribution in [0.5, 0.6) is 0 Å². The van der Waals surface area contributed by atoms with Crippen molar-refractivity contribution in [3.63, 3.8) is 0 Å². The summed E-state index contributed by atoms with van der Waals surface area (Å²) in [5.74, 6) is -0.260. The Morgan fingerprint density at radius 1 is 1.00 bits per heavy atom. The van der Waals surface area contributed by atoms with Gasteiger partial charge in [0.15, 0.2) is 0 Å². The monoisotopic (exact) mass is 682 g/mol. The van der Waals surface area contributed by atoms with E-state index in [1.807, 2.05) is 45.0 Å². The zero-order chi connectivity index (χ0) is 36.1. The van der Waals surface area contributed by atoms with Crippen molar-refractivity contribution >= 4 is 29.9 Å². The van der Waals surface area contributed by atoms with Crippen molar-refractivity contribution in [2.24, 2.45) is 0 Å². The van der Waals surface area contributed by atoms with E-state index in [2.05, 4.69) is 39.8 Å². The first-order valence-electron chi connectivity index (χ1n) is 16.7. The maximum absolute atomic E-state index is 12.9. The Labute approximate surface area is 287 Å². The van der Waals surface area contributed by atoms with Crippen LogP contribution in [-0.2, 0) is 16.0 Å². The van der Waals surface area contributed by atoms with Gasteiger partial charge in [-0.3, -0.25) is 14.7 Å². The van der Waals surface area contributed by atoms with Crippen molar-refractivity contribution < 1.29 is 29.0 Å². The van der Waals surface area contributed by atoms with Gasteiger partial charge in [0.1, 0.15) is 17.0 Å². The highest BCUT2D eigenvalue weighted by molar-refractivity contribution is 5.90. The average Bonchev–Trinajstić information content (AvgIpc) is 3.47. The van der Waals surface area contributed by atoms with Crippen LogP contribution in [-0.4, -0.2) is 116 Å². The van der Waals surface area contributed by atoms with Crippen LogP contribution >= 0.6 is 0 Å². The number of piperazine rings is 1. The number of carbonyl (C=O) groups excluding carboxylic acids is 3. The molecule has 1 unspecified atom stereocenters. The number of rotatable bonds is 9. The van der Waals surface area contributed by atoms with Crippen molar-refractivity contribution in [3.05, 3.63) is 52.6 Å². The number of ether oxygens (including phenoxy) is 1. The summed E-state index contributed by atoms with van der Waals surface area (Å²) in [6.45, 7) is 11.7. The minimum atomic E-state index is -1.29. The van der Waals surface area contributed by atoms with Gasteiger partial charge in [-0.05, 0) is 98.0 Å². The number of nitrogens with zero attached hydrogens (tertiary/aromatic N) is 5. The minimum absolute atomic E-state index is 0.0944. The van der Waals surface area contributed by atoms with Crippen LogP contribution in [0.4, 0.5) is 20.2 Å². The summed E-state index contributed by atoms with van der Waals surface area (Å²) in [4.78, 5) is 71.1. The highest BCUT2D eigenvalue weighted by atomic mass is 16.6. The first-order valence-corrected chi connectivity index (χ1v) is 16.7. The molecule has 0 spiro atoms. The lowest BCUT2D eigenvalue weighted by Crippen LogP contribution is -2.60. The second kappa shape index (κ2) is 15.3. The molecule has 1 aromatic carbocycles. The van der Waals surface area contributed by atoms with Gasteiger partial charge in [-0.2, -0.15) is 4.98 Å². The summed E-state index contributed by atoms with van der Waals surface area (Å²) in [6, 6.07) is 9.53. The molecule has 4 N–H and O–H groups in total. The number of alkyl carbamates (subject to hydrolysis) is 1. The number of nitrogens with one attached hydrogen (secondary N) is 3. The molecule has 1 aromatic heterocycles. The number of carbonyl (C=O) groups is 4. The highest BCUT2D eigenvalue weighted by Crippen LogP contribution is 2.26. The van der Waals surface area contributed by atoms with Crippen LogP contribution < -0.4 is 21.6 Å². The summed E-state index contributed by atoms with van der Waals surface area (Å²) in [7, 11) is 2.12. The smallest absolute Gasteiger partial charge is 0.407 e. The molecular formula is C34H50N8O7. The lowest BCUT2D eigenvalue weighted by molar-refractivity contribution is -0.138. The van der Waals surface area contributed by atoms with Gasteiger partial charge in [0.25, 0.3) is 0 Å². The second-order valence-corrected chi connectivity index (χ2v) is 14.4. The van der Waals surface area contributed by atoms with Gasteiger partial charge in [-0.15, -0.1) is 0 Å². The predicted octanol–water partition coefficient (Wildman–Crippen LogP) is 3.26. The van der Waals surface area contributed by atoms with Crippen LogP contribution in [0.15, 0.2) is 41.3 Å². The van der Waals surface area contributed by atoms with E-state index >= 15 is 0 Å². The summed E-state index contributed by atoms with van der Waals surface area (Å²) in [6.07, 6.45) is 3.49. The van der Waals surface area contributed by atoms with Gasteiger partial charge in [0.2, 0.25) is 5.91 Å². The number of carboxylic acid groups (broad SMARTS) is 1. The molecule has 1 saturated carbocycles. The van der Waals surface area contributed by atoms with E-state index in [-0.39, 0.29) is 56.1 Å². The number of amides is 5. The van der Waals surface area contributed by atoms with E-state index in [1.54, 1.807) is 12.3 Å². The van der Waals surface area contributed by atoms with Gasteiger partial charge < -0.3 is 35.2 Å². The summed E-state index contributed by atoms with van der Waals surface area (Å²) in [5, 5.41) is 16.9. The molecule has 5 amide bonds. The number of urea groups is 1. The van der Waals surface area contributed by atoms with Crippen LogP contribution in [0.2, 0.25) is 0 Å². The van der Waals surface area contributed by atoms with Crippen LogP contribution in [0.1, 0.15) is 66.4 Å². The van der Waals surface area contributed by atoms with Gasteiger partial charge in [-0.25, -0.2) is 19.2 Å². The highest BCUT2D eigenvalue weighted by Gasteiger charge is 2.36. The van der Waals surface area contributed by atoms with Crippen molar-refractivity contribution in [3.8, 4) is 5.69 Å². The molecule has 3 atom stereocenters. The average molecular weight is 683 g/mol. The SMILES string of the molecule is CC(Cc1ccc(-n2ccc(NC(=O)N3CCN(C(=O)C(C)(C)NC(=O)O)CC3)nc2=O)cc1)N(C)[C@H]1CC[C@@H](NC(=O)OC(C)(C)C)C1. The van der Waals surface area contributed by atoms with Crippen molar-refractivity contribution in [2.75, 3.05) is 38.5 Å². The van der Waals surface area contributed by atoms with Crippen LogP contribution in [0, 0.1) is 0 Å². The van der Waals surface area contributed by atoms with Crippen molar-refractivity contribution in [2.45, 2.75) is 96.5 Å². The number of hydrogen-bond acceptors (Lipinski definition) is 8. The number of aromatic nitrogens is 2. The van der Waals surface area contributed by atoms with Gasteiger partial charge in [0, 0.05) is 50.5 Å². The Balaban J connectivity index is 1.26. The zero-order valence-electron chi connectivity index (χ0n) is 29.5. The first kappa shape index (κ1) is 37.2. The Hall–Kier alpha value is -4.66. The summed E-state index contributed by atoms with van der Waals surface area (Å²) >= 11 is 0. The molecule has 15 heteroatoms. The Morgan fingerprint density at radius 2 is 1.63 bits per heavy atom. The van der Waals surface area contributed by atoms with E-state index < -0.39 is 29.0 Å². The molecule has 1 aliphatic heterocycles. The fourth-order valence-electron chi connectivity index (χ4n) is 6.26. The minimum Gasteiger partial charge on any atom is -0.465 e. The molecule has 1 aliphatic carbocycles. The molecule has 2 aliphatic rings. The molecular weight excluding hydrogens is 632 g/mol. The van der Waals surface area contributed by atoms with Crippen LogP contribution in [0.3, 0.4) is 0 Å². The number of anilines is 1. The van der Waals surface area contributed by atoms with Gasteiger partial charge in [0.05, 0.1) is 5.69 Å². The maximum atomic E-state index is 12.9.